The highest BCUT2D eigenvalue weighted by Crippen LogP contribution is 2.33. The van der Waals surface area contributed by atoms with Gasteiger partial charge >= 0.3 is 0 Å². The van der Waals surface area contributed by atoms with Gasteiger partial charge in [0.25, 0.3) is 0 Å². The number of amides is 1. The molecular formula is C20H21ClFNO3S. The highest BCUT2D eigenvalue weighted by Gasteiger charge is 2.29. The maximum absolute atomic E-state index is 14.3. The maximum atomic E-state index is 14.3. The first-order valence-corrected chi connectivity index (χ1v) is 11.1. The van der Waals surface area contributed by atoms with Crippen molar-refractivity contribution in [1.82, 2.24) is 0 Å². The number of halogens is 2. The van der Waals surface area contributed by atoms with Crippen LogP contribution in [0.4, 0.5) is 10.1 Å². The lowest BCUT2D eigenvalue weighted by atomic mass is 10.0. The monoisotopic (exact) mass is 409 g/mol. The Hall–Kier alpha value is -1.92. The molecule has 1 heterocycles. The Morgan fingerprint density at radius 1 is 1.19 bits per heavy atom. The summed E-state index contributed by atoms with van der Waals surface area (Å²) in [6.07, 6.45) is 2.33. The summed E-state index contributed by atoms with van der Waals surface area (Å²) in [5, 5.41) is 0.272. The van der Waals surface area contributed by atoms with Gasteiger partial charge in [-0.3, -0.25) is 4.79 Å². The lowest BCUT2D eigenvalue weighted by molar-refractivity contribution is -0.116. The van der Waals surface area contributed by atoms with Crippen LogP contribution in [0, 0.1) is 5.82 Å². The van der Waals surface area contributed by atoms with Gasteiger partial charge in [0.2, 0.25) is 5.91 Å². The molecule has 0 bridgehead atoms. The first-order chi connectivity index (χ1) is 12.9. The van der Waals surface area contributed by atoms with Gasteiger partial charge in [-0.25, -0.2) is 12.8 Å². The Labute approximate surface area is 163 Å². The fourth-order valence-electron chi connectivity index (χ4n) is 3.38. The van der Waals surface area contributed by atoms with Crippen molar-refractivity contribution in [2.24, 2.45) is 0 Å². The molecule has 0 fully saturated rings. The van der Waals surface area contributed by atoms with Gasteiger partial charge in [0.05, 0.1) is 11.4 Å². The number of carbonyl (C=O) groups is 1. The zero-order chi connectivity index (χ0) is 19.4. The van der Waals surface area contributed by atoms with Crippen molar-refractivity contribution in [1.29, 1.82) is 0 Å². The lowest BCUT2D eigenvalue weighted by Gasteiger charge is -2.30. The summed E-state index contributed by atoms with van der Waals surface area (Å²) in [7, 11) is -3.56. The number of hydrogen-bond acceptors (Lipinski definition) is 3. The van der Waals surface area contributed by atoms with Crippen molar-refractivity contribution >= 4 is 33.0 Å². The molecule has 0 spiro atoms. The second kappa shape index (κ2) is 8.40. The van der Waals surface area contributed by atoms with E-state index in [1.54, 1.807) is 6.07 Å². The van der Waals surface area contributed by atoms with Gasteiger partial charge in [0.1, 0.15) is 11.6 Å². The zero-order valence-electron chi connectivity index (χ0n) is 14.8. The number of carbonyl (C=O) groups excluding carboxylic acids is 1. The van der Waals surface area contributed by atoms with Crippen LogP contribution in [-0.4, -0.2) is 32.4 Å². The molecule has 27 heavy (non-hydrogen) atoms. The Morgan fingerprint density at radius 3 is 2.67 bits per heavy atom. The maximum Gasteiger partial charge on any atom is 0.242 e. The van der Waals surface area contributed by atoms with E-state index in [0.29, 0.717) is 37.8 Å². The largest absolute Gasteiger partial charge is 0.309 e. The summed E-state index contributed by atoms with van der Waals surface area (Å²) in [5.74, 6) is -1.86. The Bertz CT molecular complexity index is 932. The third kappa shape index (κ3) is 5.08. The van der Waals surface area contributed by atoms with Crippen LogP contribution in [0.2, 0.25) is 5.02 Å². The third-order valence-electron chi connectivity index (χ3n) is 4.61. The highest BCUT2D eigenvalue weighted by molar-refractivity contribution is 7.92. The SMILES string of the molecule is O=C(CS(=O)(=O)CCCc1ccccc1)N1CCCc2cc(Cl)cc(F)c21. The van der Waals surface area contributed by atoms with E-state index in [-0.39, 0.29) is 16.5 Å². The minimum atomic E-state index is -3.56. The van der Waals surface area contributed by atoms with Gasteiger partial charge in [-0.05, 0) is 48.9 Å². The van der Waals surface area contributed by atoms with Gasteiger partial charge in [0.15, 0.2) is 9.84 Å². The van der Waals surface area contributed by atoms with E-state index < -0.39 is 27.3 Å². The molecule has 1 aliphatic rings. The van der Waals surface area contributed by atoms with E-state index in [4.69, 9.17) is 11.6 Å². The Morgan fingerprint density at radius 2 is 1.93 bits per heavy atom. The van der Waals surface area contributed by atoms with Gasteiger partial charge in [-0.2, -0.15) is 0 Å². The summed E-state index contributed by atoms with van der Waals surface area (Å²) in [5.41, 5.74) is 1.86. The molecular weight excluding hydrogens is 389 g/mol. The quantitative estimate of drug-likeness (QED) is 0.729. The van der Waals surface area contributed by atoms with Crippen LogP contribution in [0.25, 0.3) is 0 Å². The van der Waals surface area contributed by atoms with Gasteiger partial charge in [-0.1, -0.05) is 41.9 Å². The van der Waals surface area contributed by atoms with Crippen molar-refractivity contribution in [2.75, 3.05) is 23.0 Å². The van der Waals surface area contributed by atoms with Gasteiger partial charge in [-0.15, -0.1) is 0 Å². The molecule has 0 aliphatic carbocycles. The van der Waals surface area contributed by atoms with E-state index in [1.165, 1.54) is 4.90 Å². The fourth-order valence-corrected chi connectivity index (χ4v) is 4.87. The van der Waals surface area contributed by atoms with Gasteiger partial charge in [0, 0.05) is 11.6 Å². The average Bonchev–Trinajstić information content (AvgIpc) is 2.61. The molecule has 0 unspecified atom stereocenters. The minimum Gasteiger partial charge on any atom is -0.309 e. The van der Waals surface area contributed by atoms with Crippen LogP contribution in [0.5, 0.6) is 0 Å². The summed E-state index contributed by atoms with van der Waals surface area (Å²) < 4.78 is 39.1. The van der Waals surface area contributed by atoms with Crippen molar-refractivity contribution in [2.45, 2.75) is 25.7 Å². The summed E-state index contributed by atoms with van der Waals surface area (Å²) in [6.45, 7) is 0.309. The van der Waals surface area contributed by atoms with Crippen LogP contribution in [-0.2, 0) is 27.5 Å². The number of anilines is 1. The molecule has 0 saturated heterocycles. The van der Waals surface area contributed by atoms with Crippen LogP contribution >= 0.6 is 11.6 Å². The summed E-state index contributed by atoms with van der Waals surface area (Å²) in [6, 6.07) is 12.4. The number of rotatable bonds is 6. The second-order valence-corrected chi connectivity index (χ2v) is 9.35. The fraction of sp³-hybridized carbons (Fsp3) is 0.350. The molecule has 0 atom stereocenters. The van der Waals surface area contributed by atoms with E-state index in [0.717, 1.165) is 11.6 Å². The van der Waals surface area contributed by atoms with Crippen LogP contribution in [0.3, 0.4) is 0 Å². The average molecular weight is 410 g/mol. The topological polar surface area (TPSA) is 54.5 Å². The molecule has 1 aliphatic heterocycles. The summed E-state index contributed by atoms with van der Waals surface area (Å²) >= 11 is 5.88. The van der Waals surface area contributed by atoms with Crippen molar-refractivity contribution in [3.8, 4) is 0 Å². The number of fused-ring (bicyclic) bond motifs is 1. The van der Waals surface area contributed by atoms with E-state index in [2.05, 4.69) is 0 Å². The molecule has 0 aromatic heterocycles. The highest BCUT2D eigenvalue weighted by atomic mass is 35.5. The normalized spacial score (nSPS) is 14.1. The van der Waals surface area contributed by atoms with Gasteiger partial charge < -0.3 is 4.90 Å². The molecule has 2 aromatic rings. The molecule has 7 heteroatoms. The number of hydrogen-bond donors (Lipinski definition) is 0. The van der Waals surface area contributed by atoms with E-state index in [9.17, 15) is 17.6 Å². The first-order valence-electron chi connectivity index (χ1n) is 8.88. The van der Waals surface area contributed by atoms with Crippen LogP contribution in [0.15, 0.2) is 42.5 Å². The molecule has 0 N–H and O–H groups in total. The van der Waals surface area contributed by atoms with Crippen molar-refractivity contribution in [3.63, 3.8) is 0 Å². The summed E-state index contributed by atoms with van der Waals surface area (Å²) in [4.78, 5) is 13.8. The molecule has 144 valence electrons. The van der Waals surface area contributed by atoms with Crippen molar-refractivity contribution < 1.29 is 17.6 Å². The number of aryl methyl sites for hydroxylation is 2. The molecule has 1 amide bonds. The Kier molecular flexibility index (Phi) is 6.17. The second-order valence-electron chi connectivity index (χ2n) is 6.73. The predicted molar refractivity (Wildman–Crippen MR) is 106 cm³/mol. The Balaban J connectivity index is 1.65. The number of nitrogens with zero attached hydrogens (tertiary/aromatic N) is 1. The van der Waals surface area contributed by atoms with Crippen molar-refractivity contribution in [3.05, 3.63) is 64.4 Å². The first kappa shape index (κ1) is 19.8. The number of benzene rings is 2. The molecule has 2 aromatic carbocycles. The smallest absolute Gasteiger partial charge is 0.242 e. The predicted octanol–water partition coefficient (Wildman–Crippen LogP) is 3.81. The van der Waals surface area contributed by atoms with E-state index >= 15 is 0 Å². The lowest BCUT2D eigenvalue weighted by Crippen LogP contribution is -2.40. The van der Waals surface area contributed by atoms with Crippen LogP contribution < -0.4 is 4.90 Å². The molecule has 0 radical (unpaired) electrons. The third-order valence-corrected chi connectivity index (χ3v) is 6.43. The standard InChI is InChI=1S/C20H21ClFNO3S/c21-17-12-16-9-4-10-23(20(16)18(22)13-17)19(24)14-27(25,26)11-5-8-15-6-2-1-3-7-15/h1-3,6-7,12-13H,4-5,8-11,14H2. The van der Waals surface area contributed by atoms with Crippen LogP contribution in [0.1, 0.15) is 24.0 Å². The molecule has 0 saturated carbocycles. The minimum absolute atomic E-state index is 0.0720. The van der Waals surface area contributed by atoms with E-state index in [1.807, 2.05) is 30.3 Å². The molecule has 4 nitrogen and oxygen atoms in total. The zero-order valence-corrected chi connectivity index (χ0v) is 16.4. The molecule has 3 rings (SSSR count). The number of sulfone groups is 1.